The van der Waals surface area contributed by atoms with E-state index in [4.69, 9.17) is 5.73 Å². The van der Waals surface area contributed by atoms with Gasteiger partial charge in [0.25, 0.3) is 0 Å². The van der Waals surface area contributed by atoms with Crippen LogP contribution in [0.5, 0.6) is 0 Å². The van der Waals surface area contributed by atoms with Gasteiger partial charge in [0.2, 0.25) is 5.91 Å². The fourth-order valence-electron chi connectivity index (χ4n) is 2.91. The Morgan fingerprint density at radius 3 is 2.46 bits per heavy atom. The summed E-state index contributed by atoms with van der Waals surface area (Å²) >= 11 is 0. The molecule has 1 aromatic heterocycles. The van der Waals surface area contributed by atoms with Crippen molar-refractivity contribution in [1.29, 1.82) is 0 Å². The maximum atomic E-state index is 12.2. The Morgan fingerprint density at radius 1 is 1.11 bits per heavy atom. The molecule has 0 saturated carbocycles. The molecule has 2 atom stereocenters. The van der Waals surface area contributed by atoms with E-state index in [0.29, 0.717) is 6.54 Å². The molecule has 0 spiro atoms. The highest BCUT2D eigenvalue weighted by atomic mass is 35.5. The molecular formula is C22H27ClN4O. The van der Waals surface area contributed by atoms with E-state index >= 15 is 0 Å². The number of carbonyl (C=O) groups excluding carboxylic acids is 1. The number of nitrogens with two attached hydrogens (primary N) is 1. The number of aromatic nitrogens is 2. The zero-order valence-corrected chi connectivity index (χ0v) is 17.0. The van der Waals surface area contributed by atoms with Crippen molar-refractivity contribution in [2.75, 3.05) is 0 Å². The zero-order chi connectivity index (χ0) is 19.2. The third-order valence-corrected chi connectivity index (χ3v) is 4.84. The fraction of sp³-hybridized carbons (Fsp3) is 0.273. The molecule has 6 heteroatoms. The van der Waals surface area contributed by atoms with Crippen LogP contribution in [-0.4, -0.2) is 21.7 Å². The van der Waals surface area contributed by atoms with E-state index in [2.05, 4.69) is 40.7 Å². The van der Waals surface area contributed by atoms with Gasteiger partial charge >= 0.3 is 0 Å². The number of hydrogen-bond acceptors (Lipinski definition) is 3. The van der Waals surface area contributed by atoms with E-state index in [1.807, 2.05) is 49.0 Å². The molecular weight excluding hydrogens is 372 g/mol. The lowest BCUT2D eigenvalue weighted by atomic mass is 9.98. The topological polar surface area (TPSA) is 72.9 Å². The molecule has 148 valence electrons. The summed E-state index contributed by atoms with van der Waals surface area (Å²) < 4.78 is 1.90. The van der Waals surface area contributed by atoms with Crippen molar-refractivity contribution in [1.82, 2.24) is 15.1 Å². The molecule has 1 amide bonds. The predicted octanol–water partition coefficient (Wildman–Crippen LogP) is 3.62. The second-order valence-electron chi connectivity index (χ2n) is 6.92. The van der Waals surface area contributed by atoms with Crippen LogP contribution in [-0.2, 0) is 17.9 Å². The second-order valence-corrected chi connectivity index (χ2v) is 6.92. The van der Waals surface area contributed by atoms with Gasteiger partial charge in [-0.3, -0.25) is 9.48 Å². The molecule has 0 radical (unpaired) electrons. The highest BCUT2D eigenvalue weighted by molar-refractivity contribution is 5.85. The van der Waals surface area contributed by atoms with Crippen molar-refractivity contribution in [3.05, 3.63) is 78.1 Å². The lowest BCUT2D eigenvalue weighted by Crippen LogP contribution is -2.38. The summed E-state index contributed by atoms with van der Waals surface area (Å²) in [4.78, 5) is 12.2. The Bertz CT molecular complexity index is 876. The van der Waals surface area contributed by atoms with Crippen LogP contribution in [0, 0.1) is 5.92 Å². The van der Waals surface area contributed by atoms with Crippen molar-refractivity contribution < 1.29 is 4.79 Å². The number of carbonyl (C=O) groups is 1. The number of rotatable bonds is 7. The first-order valence-corrected chi connectivity index (χ1v) is 9.22. The average Bonchev–Trinajstić information content (AvgIpc) is 3.19. The highest BCUT2D eigenvalue weighted by Crippen LogP contribution is 2.24. The minimum absolute atomic E-state index is 0. The van der Waals surface area contributed by atoms with Crippen molar-refractivity contribution in [2.45, 2.75) is 33.0 Å². The Hall–Kier alpha value is -2.63. The van der Waals surface area contributed by atoms with Gasteiger partial charge in [-0.25, -0.2) is 0 Å². The van der Waals surface area contributed by atoms with E-state index in [1.165, 1.54) is 5.56 Å². The number of nitrogens with zero attached hydrogens (tertiary/aromatic N) is 2. The van der Waals surface area contributed by atoms with Crippen molar-refractivity contribution in [2.24, 2.45) is 11.7 Å². The number of amides is 1. The second kappa shape index (κ2) is 10.1. The van der Waals surface area contributed by atoms with Crippen molar-refractivity contribution >= 4 is 18.3 Å². The molecule has 3 rings (SSSR count). The largest absolute Gasteiger partial charge is 0.352 e. The molecule has 0 aliphatic rings. The summed E-state index contributed by atoms with van der Waals surface area (Å²) in [5.74, 6) is -0.229. The first kappa shape index (κ1) is 21.7. The molecule has 5 nitrogen and oxygen atoms in total. The van der Waals surface area contributed by atoms with Gasteiger partial charge in [-0.05, 0) is 35.2 Å². The van der Waals surface area contributed by atoms with Gasteiger partial charge in [0.1, 0.15) is 0 Å². The molecule has 1 heterocycles. The maximum absolute atomic E-state index is 12.2. The Balaban J connectivity index is 0.00000280. The van der Waals surface area contributed by atoms with Gasteiger partial charge < -0.3 is 11.1 Å². The van der Waals surface area contributed by atoms with Crippen LogP contribution in [0.25, 0.3) is 11.1 Å². The standard InChI is InChI=1S/C22H26N4O.ClH/c1-16(17(2)23)22(27)24-14-20-6-3-4-7-21(20)19-10-8-18(9-11-19)15-26-13-5-12-25-26;/h3-13,16-17H,14-15,23H2,1-2H3,(H,24,27);1H. The highest BCUT2D eigenvalue weighted by Gasteiger charge is 2.17. The SMILES string of the molecule is CC(N)C(C)C(=O)NCc1ccccc1-c1ccc(Cn2cccn2)cc1.Cl. The third-order valence-electron chi connectivity index (χ3n) is 4.84. The minimum Gasteiger partial charge on any atom is -0.352 e. The molecule has 0 aliphatic heterocycles. The molecule has 0 fully saturated rings. The molecule has 2 aromatic carbocycles. The third kappa shape index (κ3) is 5.44. The molecule has 0 saturated heterocycles. The van der Waals surface area contributed by atoms with Gasteiger partial charge in [0.05, 0.1) is 6.54 Å². The molecule has 3 N–H and O–H groups in total. The lowest BCUT2D eigenvalue weighted by Gasteiger charge is -2.16. The summed E-state index contributed by atoms with van der Waals surface area (Å²) in [6, 6.07) is 18.4. The number of benzene rings is 2. The van der Waals surface area contributed by atoms with Crippen LogP contribution in [0.2, 0.25) is 0 Å². The molecule has 0 aliphatic carbocycles. The van der Waals surface area contributed by atoms with Crippen LogP contribution >= 0.6 is 12.4 Å². The monoisotopic (exact) mass is 398 g/mol. The van der Waals surface area contributed by atoms with Gasteiger partial charge in [-0.2, -0.15) is 5.10 Å². The van der Waals surface area contributed by atoms with Crippen LogP contribution in [0.15, 0.2) is 67.0 Å². The minimum atomic E-state index is -0.209. The summed E-state index contributed by atoms with van der Waals surface area (Å²) in [5.41, 5.74) is 10.4. The quantitative estimate of drug-likeness (QED) is 0.638. The van der Waals surface area contributed by atoms with E-state index in [9.17, 15) is 4.79 Å². The normalized spacial score (nSPS) is 12.7. The summed E-state index contributed by atoms with van der Waals surface area (Å²) in [6.45, 7) is 4.94. The van der Waals surface area contributed by atoms with E-state index in [-0.39, 0.29) is 30.3 Å². The molecule has 0 bridgehead atoms. The van der Waals surface area contributed by atoms with E-state index < -0.39 is 0 Å². The van der Waals surface area contributed by atoms with Gasteiger partial charge in [-0.15, -0.1) is 12.4 Å². The summed E-state index contributed by atoms with van der Waals surface area (Å²) in [6.07, 6.45) is 3.74. The predicted molar refractivity (Wildman–Crippen MR) is 115 cm³/mol. The van der Waals surface area contributed by atoms with Crippen molar-refractivity contribution in [3.8, 4) is 11.1 Å². The van der Waals surface area contributed by atoms with Crippen LogP contribution in [0.4, 0.5) is 0 Å². The average molecular weight is 399 g/mol. The zero-order valence-electron chi connectivity index (χ0n) is 16.2. The molecule has 28 heavy (non-hydrogen) atoms. The first-order valence-electron chi connectivity index (χ1n) is 9.22. The van der Waals surface area contributed by atoms with Crippen molar-refractivity contribution in [3.63, 3.8) is 0 Å². The molecule has 2 unspecified atom stereocenters. The van der Waals surface area contributed by atoms with Crippen LogP contribution < -0.4 is 11.1 Å². The first-order chi connectivity index (χ1) is 13.0. The Kier molecular flexibility index (Phi) is 7.79. The maximum Gasteiger partial charge on any atom is 0.224 e. The van der Waals surface area contributed by atoms with E-state index in [0.717, 1.165) is 23.2 Å². The lowest BCUT2D eigenvalue weighted by molar-refractivity contribution is -0.125. The Labute approximate surface area is 172 Å². The van der Waals surface area contributed by atoms with Crippen LogP contribution in [0.1, 0.15) is 25.0 Å². The fourth-order valence-corrected chi connectivity index (χ4v) is 2.91. The molecule has 3 aromatic rings. The van der Waals surface area contributed by atoms with E-state index in [1.54, 1.807) is 6.20 Å². The number of nitrogens with one attached hydrogen (secondary N) is 1. The van der Waals surface area contributed by atoms with Gasteiger partial charge in [0, 0.05) is 30.9 Å². The van der Waals surface area contributed by atoms with Gasteiger partial charge in [-0.1, -0.05) is 55.5 Å². The number of hydrogen-bond donors (Lipinski definition) is 2. The van der Waals surface area contributed by atoms with Gasteiger partial charge in [0.15, 0.2) is 0 Å². The summed E-state index contributed by atoms with van der Waals surface area (Å²) in [7, 11) is 0. The number of halogens is 1. The smallest absolute Gasteiger partial charge is 0.224 e. The van der Waals surface area contributed by atoms with Crippen LogP contribution in [0.3, 0.4) is 0 Å². The Morgan fingerprint density at radius 2 is 1.82 bits per heavy atom. The summed E-state index contributed by atoms with van der Waals surface area (Å²) in [5, 5.41) is 7.24.